The van der Waals surface area contributed by atoms with Gasteiger partial charge in [-0.15, -0.1) is 11.3 Å². The number of hydrogen-bond acceptors (Lipinski definition) is 3. The van der Waals surface area contributed by atoms with Gasteiger partial charge in [0.25, 0.3) is 0 Å². The first-order valence-electron chi connectivity index (χ1n) is 5.50. The lowest BCUT2D eigenvalue weighted by Gasteiger charge is -2.51. The maximum absolute atomic E-state index is 10.8. The van der Waals surface area contributed by atoms with Crippen molar-refractivity contribution in [3.8, 4) is 0 Å². The molecular formula is C12H19NOS. The molecule has 1 aromatic rings. The van der Waals surface area contributed by atoms with Crippen LogP contribution in [0, 0.1) is 12.3 Å². The van der Waals surface area contributed by atoms with Gasteiger partial charge in [-0.2, -0.15) is 0 Å². The lowest BCUT2D eigenvalue weighted by molar-refractivity contribution is -0.114. The Morgan fingerprint density at radius 3 is 2.60 bits per heavy atom. The van der Waals surface area contributed by atoms with Crippen molar-refractivity contribution in [2.75, 3.05) is 6.54 Å². The minimum atomic E-state index is -0.752. The van der Waals surface area contributed by atoms with E-state index in [1.165, 1.54) is 12.0 Å². The van der Waals surface area contributed by atoms with Gasteiger partial charge in [0.05, 0.1) is 0 Å². The van der Waals surface area contributed by atoms with E-state index in [9.17, 15) is 5.11 Å². The number of rotatable bonds is 3. The van der Waals surface area contributed by atoms with Crippen LogP contribution in [-0.4, -0.2) is 11.7 Å². The molecule has 0 saturated heterocycles. The van der Waals surface area contributed by atoms with Gasteiger partial charge in [-0.3, -0.25) is 0 Å². The second kappa shape index (κ2) is 3.58. The number of aliphatic hydroxyl groups is 1. The minimum absolute atomic E-state index is 0.0807. The van der Waals surface area contributed by atoms with Crippen molar-refractivity contribution in [2.24, 2.45) is 11.1 Å². The minimum Gasteiger partial charge on any atom is -0.384 e. The van der Waals surface area contributed by atoms with Crippen LogP contribution in [0.5, 0.6) is 0 Å². The molecule has 1 aromatic heterocycles. The average Bonchev–Trinajstić information content (AvgIpc) is 2.50. The third kappa shape index (κ3) is 1.45. The van der Waals surface area contributed by atoms with Crippen LogP contribution >= 0.6 is 11.3 Å². The summed E-state index contributed by atoms with van der Waals surface area (Å²) in [5.74, 6) is 0. The van der Waals surface area contributed by atoms with Crippen LogP contribution in [-0.2, 0) is 5.60 Å². The number of thiophene rings is 1. The predicted molar refractivity (Wildman–Crippen MR) is 64.0 cm³/mol. The predicted octanol–water partition coefficient (Wildman–Crippen LogP) is 2.39. The van der Waals surface area contributed by atoms with E-state index in [2.05, 4.69) is 13.0 Å². The zero-order chi connectivity index (χ0) is 11.1. The highest BCUT2D eigenvalue weighted by molar-refractivity contribution is 7.10. The molecule has 2 rings (SSSR count). The van der Waals surface area contributed by atoms with Gasteiger partial charge in [-0.1, -0.05) is 6.42 Å². The van der Waals surface area contributed by atoms with Gasteiger partial charge < -0.3 is 10.8 Å². The summed E-state index contributed by atoms with van der Waals surface area (Å²) >= 11 is 1.64. The molecule has 0 aromatic carbocycles. The molecule has 0 spiro atoms. The Bertz CT molecular complexity index is 347. The van der Waals surface area contributed by atoms with Crippen molar-refractivity contribution >= 4 is 11.3 Å². The zero-order valence-corrected chi connectivity index (χ0v) is 10.2. The fourth-order valence-corrected chi connectivity index (χ4v) is 3.71. The normalized spacial score (nSPS) is 23.2. The van der Waals surface area contributed by atoms with E-state index < -0.39 is 5.60 Å². The summed E-state index contributed by atoms with van der Waals surface area (Å²) in [4.78, 5) is 1.09. The van der Waals surface area contributed by atoms with Gasteiger partial charge in [-0.25, -0.2) is 0 Å². The summed E-state index contributed by atoms with van der Waals surface area (Å²) in [6.07, 6.45) is 3.29. The standard InChI is InChI=1S/C12H19NOS/c1-9-4-7-15-10(9)11(2,14)12(8-13)5-3-6-12/h4,7,14H,3,5-6,8,13H2,1-2H3. The van der Waals surface area contributed by atoms with Crippen molar-refractivity contribution in [3.63, 3.8) is 0 Å². The third-order valence-corrected chi connectivity index (χ3v) is 5.27. The van der Waals surface area contributed by atoms with Crippen molar-refractivity contribution in [3.05, 3.63) is 21.9 Å². The SMILES string of the molecule is Cc1ccsc1C(C)(O)C1(CN)CCC1. The first kappa shape index (κ1) is 11.1. The Kier molecular flexibility index (Phi) is 2.65. The molecule has 0 amide bonds. The smallest absolute Gasteiger partial charge is 0.103 e. The first-order valence-corrected chi connectivity index (χ1v) is 6.38. The van der Waals surface area contributed by atoms with Gasteiger partial charge in [0.15, 0.2) is 0 Å². The first-order chi connectivity index (χ1) is 7.03. The molecule has 3 N–H and O–H groups in total. The molecule has 1 heterocycles. The summed E-state index contributed by atoms with van der Waals surface area (Å²) in [5, 5.41) is 12.8. The molecule has 2 nitrogen and oxygen atoms in total. The summed E-state index contributed by atoms with van der Waals surface area (Å²) in [7, 11) is 0. The number of aryl methyl sites for hydroxylation is 1. The van der Waals surface area contributed by atoms with Gasteiger partial charge >= 0.3 is 0 Å². The molecule has 1 saturated carbocycles. The second-order valence-electron chi connectivity index (χ2n) is 4.84. The maximum Gasteiger partial charge on any atom is 0.103 e. The van der Waals surface area contributed by atoms with E-state index in [1.807, 2.05) is 12.3 Å². The van der Waals surface area contributed by atoms with Crippen LogP contribution in [0.1, 0.15) is 36.6 Å². The lowest BCUT2D eigenvalue weighted by atomic mass is 9.58. The highest BCUT2D eigenvalue weighted by atomic mass is 32.1. The van der Waals surface area contributed by atoms with E-state index in [1.54, 1.807) is 11.3 Å². The van der Waals surface area contributed by atoms with Gasteiger partial charge in [0.1, 0.15) is 5.60 Å². The summed E-state index contributed by atoms with van der Waals surface area (Å²) in [6, 6.07) is 2.07. The second-order valence-corrected chi connectivity index (χ2v) is 5.76. The molecule has 1 unspecified atom stereocenters. The Balaban J connectivity index is 2.38. The van der Waals surface area contributed by atoms with Crippen molar-refractivity contribution in [1.29, 1.82) is 0 Å². The highest BCUT2D eigenvalue weighted by Crippen LogP contribution is 2.54. The van der Waals surface area contributed by atoms with Crippen LogP contribution < -0.4 is 5.73 Å². The van der Waals surface area contributed by atoms with Crippen molar-refractivity contribution in [1.82, 2.24) is 0 Å². The number of nitrogens with two attached hydrogens (primary N) is 1. The third-order valence-electron chi connectivity index (χ3n) is 4.04. The molecule has 1 atom stereocenters. The maximum atomic E-state index is 10.8. The van der Waals surface area contributed by atoms with E-state index >= 15 is 0 Å². The molecule has 0 radical (unpaired) electrons. The van der Waals surface area contributed by atoms with Crippen LogP contribution in [0.25, 0.3) is 0 Å². The van der Waals surface area contributed by atoms with Gasteiger partial charge in [0.2, 0.25) is 0 Å². The van der Waals surface area contributed by atoms with Crippen LogP contribution in [0.2, 0.25) is 0 Å². The van der Waals surface area contributed by atoms with Crippen molar-refractivity contribution < 1.29 is 5.11 Å². The Hall–Kier alpha value is -0.380. The molecule has 1 aliphatic carbocycles. The molecule has 0 bridgehead atoms. The number of hydrogen-bond donors (Lipinski definition) is 2. The van der Waals surface area contributed by atoms with E-state index in [0.717, 1.165) is 17.7 Å². The van der Waals surface area contributed by atoms with E-state index in [-0.39, 0.29) is 5.41 Å². The Morgan fingerprint density at radius 1 is 1.60 bits per heavy atom. The molecule has 15 heavy (non-hydrogen) atoms. The lowest BCUT2D eigenvalue weighted by Crippen LogP contribution is -2.52. The highest BCUT2D eigenvalue weighted by Gasteiger charge is 2.52. The molecule has 3 heteroatoms. The Morgan fingerprint density at radius 2 is 2.27 bits per heavy atom. The summed E-state index contributed by atoms with van der Waals surface area (Å²) in [5.41, 5.74) is 6.21. The average molecular weight is 225 g/mol. The largest absolute Gasteiger partial charge is 0.384 e. The molecule has 0 aliphatic heterocycles. The summed E-state index contributed by atoms with van der Waals surface area (Å²) in [6.45, 7) is 4.57. The molecule has 1 aliphatic rings. The molecular weight excluding hydrogens is 206 g/mol. The van der Waals surface area contributed by atoms with E-state index in [0.29, 0.717) is 6.54 Å². The molecule has 84 valence electrons. The topological polar surface area (TPSA) is 46.2 Å². The monoisotopic (exact) mass is 225 g/mol. The Labute approximate surface area is 95.1 Å². The van der Waals surface area contributed by atoms with Crippen molar-refractivity contribution in [2.45, 2.75) is 38.7 Å². The van der Waals surface area contributed by atoms with Crippen LogP contribution in [0.3, 0.4) is 0 Å². The van der Waals surface area contributed by atoms with E-state index in [4.69, 9.17) is 5.73 Å². The quantitative estimate of drug-likeness (QED) is 0.829. The van der Waals surface area contributed by atoms with Crippen LogP contribution in [0.4, 0.5) is 0 Å². The van der Waals surface area contributed by atoms with Crippen LogP contribution in [0.15, 0.2) is 11.4 Å². The van der Waals surface area contributed by atoms with Gasteiger partial charge in [-0.05, 0) is 43.7 Å². The summed E-state index contributed by atoms with van der Waals surface area (Å²) < 4.78 is 0. The fraction of sp³-hybridized carbons (Fsp3) is 0.667. The molecule has 1 fully saturated rings. The van der Waals surface area contributed by atoms with Gasteiger partial charge in [0, 0.05) is 16.8 Å². The zero-order valence-electron chi connectivity index (χ0n) is 9.42. The fourth-order valence-electron chi connectivity index (χ4n) is 2.61.